The number of nitrogens with zero attached hydrogens (tertiary/aromatic N) is 2. The molecule has 0 aliphatic carbocycles. The minimum Gasteiger partial charge on any atom is -0.366 e. The minimum atomic E-state index is -0.949. The van der Waals surface area contributed by atoms with Crippen molar-refractivity contribution in [3.8, 4) is 22.4 Å². The lowest BCUT2D eigenvalue weighted by Gasteiger charge is -2.17. The summed E-state index contributed by atoms with van der Waals surface area (Å²) >= 11 is 0. The first kappa shape index (κ1) is 25.6. The van der Waals surface area contributed by atoms with Gasteiger partial charge in [-0.05, 0) is 72.5 Å². The molecule has 1 atom stereocenters. The zero-order valence-electron chi connectivity index (χ0n) is 19.6. The van der Waals surface area contributed by atoms with Crippen molar-refractivity contribution in [2.75, 3.05) is 11.9 Å². The van der Waals surface area contributed by atoms with Crippen LogP contribution in [-0.2, 0) is 4.79 Å². The molecular formula is C25H21B2FN6O3. The van der Waals surface area contributed by atoms with Crippen LogP contribution in [0, 0.1) is 5.82 Å². The van der Waals surface area contributed by atoms with Crippen LogP contribution < -0.4 is 16.0 Å². The van der Waals surface area contributed by atoms with Gasteiger partial charge < -0.3 is 20.9 Å². The molecule has 3 aromatic heterocycles. The number of hydrogen-bond donors (Lipinski definition) is 4. The molecule has 3 amide bonds. The third kappa shape index (κ3) is 6.40. The van der Waals surface area contributed by atoms with Crippen molar-refractivity contribution < 1.29 is 18.8 Å². The average molecular weight is 494 g/mol. The number of benzene rings is 1. The van der Waals surface area contributed by atoms with Crippen LogP contribution in [0.5, 0.6) is 0 Å². The van der Waals surface area contributed by atoms with Gasteiger partial charge in [0.15, 0.2) is 19.5 Å². The van der Waals surface area contributed by atoms with E-state index in [1.807, 2.05) is 18.2 Å². The molecule has 9 nitrogen and oxygen atoms in total. The topological polar surface area (TPSA) is 129 Å². The zero-order valence-corrected chi connectivity index (χ0v) is 19.6. The summed E-state index contributed by atoms with van der Waals surface area (Å²) < 4.78 is 13.6. The Hall–Kier alpha value is -4.47. The molecule has 0 unspecified atom stereocenters. The highest BCUT2D eigenvalue weighted by Gasteiger charge is 2.21. The third-order valence-corrected chi connectivity index (χ3v) is 5.61. The number of amides is 3. The molecule has 0 saturated carbocycles. The van der Waals surface area contributed by atoms with Crippen LogP contribution >= 0.6 is 0 Å². The molecule has 3 heterocycles. The Morgan fingerprint density at radius 1 is 0.946 bits per heavy atom. The first-order valence-electron chi connectivity index (χ1n) is 11.4. The van der Waals surface area contributed by atoms with E-state index in [-0.39, 0.29) is 24.6 Å². The number of rotatable bonds is 9. The van der Waals surface area contributed by atoms with E-state index < -0.39 is 23.6 Å². The molecular weight excluding hydrogens is 473 g/mol. The van der Waals surface area contributed by atoms with E-state index in [0.717, 1.165) is 27.8 Å². The lowest BCUT2D eigenvalue weighted by molar-refractivity contribution is -0.118. The first-order valence-corrected chi connectivity index (χ1v) is 11.4. The van der Waals surface area contributed by atoms with Crippen molar-refractivity contribution in [2.24, 2.45) is 0 Å². The van der Waals surface area contributed by atoms with Gasteiger partial charge in [-0.2, -0.15) is 0 Å². The van der Waals surface area contributed by atoms with Crippen LogP contribution in [0.3, 0.4) is 0 Å². The number of hydrogen-bond acceptors (Lipinski definition) is 5. The molecule has 182 valence electrons. The molecule has 4 radical (unpaired) electrons. The van der Waals surface area contributed by atoms with E-state index in [9.17, 15) is 18.8 Å². The molecule has 0 bridgehead atoms. The quantitative estimate of drug-likeness (QED) is 0.210. The smallest absolute Gasteiger partial charge is 0.248 e. The molecule has 1 aromatic carbocycles. The number of carbonyl (C=O) groups is 3. The van der Waals surface area contributed by atoms with Gasteiger partial charge in [-0.3, -0.25) is 19.4 Å². The minimum absolute atomic E-state index is 0.209. The van der Waals surface area contributed by atoms with Crippen molar-refractivity contribution in [1.29, 1.82) is 0 Å². The van der Waals surface area contributed by atoms with Crippen LogP contribution in [0.15, 0.2) is 60.9 Å². The number of fused-ring (bicyclic) bond motifs is 1. The van der Waals surface area contributed by atoms with Gasteiger partial charge in [0.2, 0.25) is 13.8 Å². The summed E-state index contributed by atoms with van der Waals surface area (Å²) in [6.07, 6.45) is 3.94. The largest absolute Gasteiger partial charge is 0.366 e. The Labute approximate surface area is 214 Å². The summed E-state index contributed by atoms with van der Waals surface area (Å²) in [7, 11) is 10.3. The van der Waals surface area contributed by atoms with Gasteiger partial charge >= 0.3 is 0 Å². The van der Waals surface area contributed by atoms with Gasteiger partial charge in [0, 0.05) is 29.9 Å². The van der Waals surface area contributed by atoms with E-state index in [1.165, 1.54) is 12.1 Å². The van der Waals surface area contributed by atoms with Gasteiger partial charge in [0.1, 0.15) is 23.3 Å². The van der Waals surface area contributed by atoms with Crippen LogP contribution in [0.4, 0.5) is 19.8 Å². The predicted molar refractivity (Wildman–Crippen MR) is 140 cm³/mol. The van der Waals surface area contributed by atoms with Gasteiger partial charge in [0.05, 0.1) is 5.69 Å². The van der Waals surface area contributed by atoms with Gasteiger partial charge in [0.25, 0.3) is 0 Å². The highest BCUT2D eigenvalue weighted by atomic mass is 19.1. The maximum Gasteiger partial charge on any atom is 0.248 e. The number of anilines is 1. The van der Waals surface area contributed by atoms with E-state index in [0.29, 0.717) is 12.1 Å². The highest BCUT2D eigenvalue weighted by Crippen LogP contribution is 2.38. The number of aromatic nitrogens is 3. The lowest BCUT2D eigenvalue weighted by atomic mass is 10.00. The molecule has 0 spiro atoms. The highest BCUT2D eigenvalue weighted by molar-refractivity contribution is 6.57. The second kappa shape index (κ2) is 11.5. The molecule has 4 aromatic rings. The number of H-pyrrole nitrogens is 1. The molecule has 4 N–H and O–H groups in total. The van der Waals surface area contributed by atoms with Gasteiger partial charge in [-0.25, -0.2) is 9.37 Å². The summed E-state index contributed by atoms with van der Waals surface area (Å²) in [5.74, 6) is -2.17. The molecule has 12 heteroatoms. The van der Waals surface area contributed by atoms with Crippen LogP contribution in [0.1, 0.15) is 12.8 Å². The zero-order chi connectivity index (χ0) is 26.4. The second-order valence-electron chi connectivity index (χ2n) is 8.19. The van der Waals surface area contributed by atoms with E-state index in [4.69, 9.17) is 15.7 Å². The fourth-order valence-corrected chi connectivity index (χ4v) is 3.96. The lowest BCUT2D eigenvalue weighted by Crippen LogP contribution is -2.44. The first-order chi connectivity index (χ1) is 17.8. The Morgan fingerprint density at radius 3 is 2.35 bits per heavy atom. The summed E-state index contributed by atoms with van der Waals surface area (Å²) in [5, 5.41) is 8.30. The summed E-state index contributed by atoms with van der Waals surface area (Å²) in [6, 6.07) is 12.3. The van der Waals surface area contributed by atoms with E-state index in [1.54, 1.807) is 30.6 Å². The monoisotopic (exact) mass is 494 g/mol. The Bertz CT molecular complexity index is 1430. The van der Waals surface area contributed by atoms with Crippen LogP contribution in [0.2, 0.25) is 0 Å². The number of halogens is 1. The molecule has 0 fully saturated rings. The number of nitrogens with one attached hydrogen (secondary N) is 4. The Balaban J connectivity index is 1.63. The maximum absolute atomic E-state index is 13.6. The summed E-state index contributed by atoms with van der Waals surface area (Å²) in [4.78, 5) is 47.0. The maximum atomic E-state index is 13.6. The fraction of sp³-hybridized carbons (Fsp3) is 0.160. The number of carbonyl (C=O) groups excluding carboxylic acids is 3. The SMILES string of the molecule is [B]C(=O)NCCC[C@H](NC([B])=O)C(=O)Nc1ccc2c(-c3ccncc3)c(-c3ccc(F)cc3)[nH]c2n1. The number of pyridine rings is 2. The summed E-state index contributed by atoms with van der Waals surface area (Å²) in [6.45, 7) is 0.232. The van der Waals surface area contributed by atoms with Gasteiger partial charge in [-0.15, -0.1) is 0 Å². The molecule has 37 heavy (non-hydrogen) atoms. The van der Waals surface area contributed by atoms with Crippen molar-refractivity contribution in [2.45, 2.75) is 18.9 Å². The molecule has 0 aliphatic heterocycles. The molecule has 0 saturated heterocycles. The van der Waals surface area contributed by atoms with Crippen LogP contribution in [-0.4, -0.2) is 60.8 Å². The Morgan fingerprint density at radius 2 is 1.68 bits per heavy atom. The van der Waals surface area contributed by atoms with Crippen molar-refractivity contribution in [3.63, 3.8) is 0 Å². The predicted octanol–water partition coefficient (Wildman–Crippen LogP) is 3.27. The van der Waals surface area contributed by atoms with Crippen molar-refractivity contribution in [3.05, 3.63) is 66.7 Å². The van der Waals surface area contributed by atoms with Gasteiger partial charge in [-0.1, -0.05) is 0 Å². The average Bonchev–Trinajstić information content (AvgIpc) is 3.25. The van der Waals surface area contributed by atoms with E-state index >= 15 is 0 Å². The third-order valence-electron chi connectivity index (χ3n) is 5.61. The molecule has 0 aliphatic rings. The summed E-state index contributed by atoms with van der Waals surface area (Å²) in [5.41, 5.74) is 3.72. The number of aromatic amines is 1. The second-order valence-corrected chi connectivity index (χ2v) is 8.19. The van der Waals surface area contributed by atoms with E-state index in [2.05, 4.69) is 30.9 Å². The normalized spacial score (nSPS) is 11.6. The van der Waals surface area contributed by atoms with Crippen molar-refractivity contribution in [1.82, 2.24) is 25.6 Å². The fourth-order valence-electron chi connectivity index (χ4n) is 3.96. The van der Waals surface area contributed by atoms with Crippen molar-refractivity contribution >= 4 is 50.1 Å². The molecule has 4 rings (SSSR count). The van der Waals surface area contributed by atoms with Crippen LogP contribution in [0.25, 0.3) is 33.4 Å². The standard InChI is InChI=1S/C25H21B2FN6O3/c26-24(36)30-11-1-2-18(31-25(27)37)23(35)33-19-8-7-17-20(14-9-12-29-13-10-14)21(34-22(17)32-19)15-3-5-16(28)6-4-15/h3-10,12-13,18H,1-2,11H2,(H,30,36)(H,31,37)(H2,32,33,34,35)/t18-/m0/s1. The Kier molecular flexibility index (Phi) is 7.97.